The molecule has 1 atom stereocenters. The second-order valence-electron chi connectivity index (χ2n) is 5.87. The van der Waals surface area contributed by atoms with E-state index >= 15 is 0 Å². The van der Waals surface area contributed by atoms with Gasteiger partial charge in [0, 0.05) is 12.3 Å². The number of benzene rings is 1. The van der Waals surface area contributed by atoms with Gasteiger partial charge in [0.1, 0.15) is 24.3 Å². The van der Waals surface area contributed by atoms with Gasteiger partial charge in [-0.25, -0.2) is 4.39 Å². The number of amides is 1. The van der Waals surface area contributed by atoms with E-state index in [-0.39, 0.29) is 17.4 Å². The highest BCUT2D eigenvalue weighted by molar-refractivity contribution is 5.92. The molecule has 9 nitrogen and oxygen atoms in total. The first-order valence-corrected chi connectivity index (χ1v) is 8.23. The van der Waals surface area contributed by atoms with E-state index in [4.69, 9.17) is 0 Å². The zero-order valence-electron chi connectivity index (χ0n) is 14.4. The van der Waals surface area contributed by atoms with Gasteiger partial charge in [-0.1, -0.05) is 19.1 Å². The Morgan fingerprint density at radius 1 is 1.33 bits per heavy atom. The molecule has 0 aliphatic rings. The van der Waals surface area contributed by atoms with Gasteiger partial charge in [0.2, 0.25) is 5.91 Å². The summed E-state index contributed by atoms with van der Waals surface area (Å²) < 4.78 is 15.8. The molecule has 1 amide bonds. The van der Waals surface area contributed by atoms with Crippen molar-refractivity contribution in [1.29, 1.82) is 0 Å². The first-order chi connectivity index (χ1) is 13.0. The highest BCUT2D eigenvalue weighted by Crippen LogP contribution is 2.18. The van der Waals surface area contributed by atoms with Crippen LogP contribution in [0.5, 0.6) is 0 Å². The predicted molar refractivity (Wildman–Crippen MR) is 94.6 cm³/mol. The monoisotopic (exact) mass is 372 g/mol. The summed E-state index contributed by atoms with van der Waals surface area (Å²) in [6.45, 7) is 2.21. The molecule has 0 spiro atoms. The number of anilines is 1. The number of nitro groups is 1. The molecule has 1 aromatic carbocycles. The van der Waals surface area contributed by atoms with Crippen LogP contribution < -0.4 is 5.32 Å². The SMILES string of the molecule is CCC(C(=O)Nc1ccn(Cc2ccc(F)cc2)n1)n1cc([N+](=O)[O-])cn1. The molecule has 10 heteroatoms. The molecule has 0 aliphatic heterocycles. The molecule has 0 fully saturated rings. The third-order valence-electron chi connectivity index (χ3n) is 3.96. The molecule has 0 saturated heterocycles. The molecule has 0 bridgehead atoms. The van der Waals surface area contributed by atoms with Gasteiger partial charge in [0.15, 0.2) is 5.82 Å². The molecule has 2 heterocycles. The van der Waals surface area contributed by atoms with Crippen LogP contribution in [-0.2, 0) is 11.3 Å². The lowest BCUT2D eigenvalue weighted by molar-refractivity contribution is -0.385. The van der Waals surface area contributed by atoms with E-state index in [2.05, 4.69) is 15.5 Å². The number of halogens is 1. The minimum Gasteiger partial charge on any atom is -0.307 e. The molecule has 1 N–H and O–H groups in total. The van der Waals surface area contributed by atoms with E-state index in [1.54, 1.807) is 36.0 Å². The van der Waals surface area contributed by atoms with Crippen molar-refractivity contribution in [3.05, 3.63) is 70.4 Å². The topological polar surface area (TPSA) is 108 Å². The number of nitrogens with one attached hydrogen (secondary N) is 1. The Morgan fingerprint density at radius 2 is 2.07 bits per heavy atom. The van der Waals surface area contributed by atoms with Gasteiger partial charge in [-0.05, 0) is 24.1 Å². The first kappa shape index (κ1) is 18.2. The smallest absolute Gasteiger partial charge is 0.307 e. The minimum atomic E-state index is -0.694. The molecule has 140 valence electrons. The van der Waals surface area contributed by atoms with E-state index in [0.29, 0.717) is 18.8 Å². The van der Waals surface area contributed by atoms with Crippen molar-refractivity contribution in [3.63, 3.8) is 0 Å². The lowest BCUT2D eigenvalue weighted by Gasteiger charge is -2.13. The summed E-state index contributed by atoms with van der Waals surface area (Å²) in [7, 11) is 0. The standard InChI is InChI=1S/C17H17FN6O3/c1-2-15(23-11-14(9-19-23)24(26)27)17(25)20-16-7-8-22(21-16)10-12-3-5-13(18)6-4-12/h3-9,11,15H,2,10H2,1H3,(H,20,21,25). The molecule has 27 heavy (non-hydrogen) atoms. The van der Waals surface area contributed by atoms with Crippen LogP contribution >= 0.6 is 0 Å². The largest absolute Gasteiger partial charge is 0.307 e. The van der Waals surface area contributed by atoms with Crippen LogP contribution in [0.1, 0.15) is 24.9 Å². The lowest BCUT2D eigenvalue weighted by Crippen LogP contribution is -2.26. The number of carbonyl (C=O) groups excluding carboxylic acids is 1. The van der Waals surface area contributed by atoms with Gasteiger partial charge in [-0.2, -0.15) is 10.2 Å². The molecule has 3 aromatic rings. The maximum atomic E-state index is 13.0. The summed E-state index contributed by atoms with van der Waals surface area (Å²) in [5, 5.41) is 21.6. The normalized spacial score (nSPS) is 11.9. The van der Waals surface area contributed by atoms with Crippen LogP contribution in [-0.4, -0.2) is 30.4 Å². The van der Waals surface area contributed by atoms with Crippen LogP contribution in [0.15, 0.2) is 48.9 Å². The van der Waals surface area contributed by atoms with E-state index in [0.717, 1.165) is 11.8 Å². The third kappa shape index (κ3) is 4.35. The van der Waals surface area contributed by atoms with Crippen LogP contribution in [0.4, 0.5) is 15.9 Å². The minimum absolute atomic E-state index is 0.176. The second kappa shape index (κ2) is 7.77. The zero-order chi connectivity index (χ0) is 19.4. The van der Waals surface area contributed by atoms with Gasteiger partial charge in [-0.3, -0.25) is 24.3 Å². The number of nitrogens with zero attached hydrogens (tertiary/aromatic N) is 5. The Hall–Kier alpha value is -3.56. The Kier molecular flexibility index (Phi) is 5.25. The number of rotatable bonds is 7. The predicted octanol–water partition coefficient (Wildman–Crippen LogP) is 2.77. The van der Waals surface area contributed by atoms with Gasteiger partial charge in [-0.15, -0.1) is 0 Å². The Balaban J connectivity index is 1.66. The van der Waals surface area contributed by atoms with E-state index in [1.807, 2.05) is 0 Å². The lowest BCUT2D eigenvalue weighted by atomic mass is 10.2. The van der Waals surface area contributed by atoms with Crippen LogP contribution in [0.3, 0.4) is 0 Å². The maximum Gasteiger partial charge on any atom is 0.307 e. The number of hydrogen-bond donors (Lipinski definition) is 1. The quantitative estimate of drug-likeness (QED) is 0.507. The summed E-state index contributed by atoms with van der Waals surface area (Å²) >= 11 is 0. The summed E-state index contributed by atoms with van der Waals surface area (Å²) in [6, 6.07) is 7.01. The van der Waals surface area contributed by atoms with Gasteiger partial charge in [0.25, 0.3) is 0 Å². The van der Waals surface area contributed by atoms with Gasteiger partial charge in [0.05, 0.1) is 11.5 Å². The fraction of sp³-hybridized carbons (Fsp3) is 0.235. The molecule has 2 aromatic heterocycles. The van der Waals surface area contributed by atoms with Crippen molar-refractivity contribution in [2.45, 2.75) is 25.9 Å². The average molecular weight is 372 g/mol. The Morgan fingerprint density at radius 3 is 2.70 bits per heavy atom. The fourth-order valence-electron chi connectivity index (χ4n) is 2.59. The average Bonchev–Trinajstić information content (AvgIpc) is 3.28. The number of aromatic nitrogens is 4. The van der Waals surface area contributed by atoms with E-state index < -0.39 is 11.0 Å². The van der Waals surface area contributed by atoms with Crippen molar-refractivity contribution < 1.29 is 14.1 Å². The van der Waals surface area contributed by atoms with Crippen molar-refractivity contribution in [2.75, 3.05) is 5.32 Å². The Labute approximate surface area is 153 Å². The van der Waals surface area contributed by atoms with Crippen molar-refractivity contribution in [1.82, 2.24) is 19.6 Å². The summed E-state index contributed by atoms with van der Waals surface area (Å²) in [5.74, 6) is -0.332. The zero-order valence-corrected chi connectivity index (χ0v) is 14.4. The van der Waals surface area contributed by atoms with Crippen LogP contribution in [0.2, 0.25) is 0 Å². The number of hydrogen-bond acceptors (Lipinski definition) is 5. The first-order valence-electron chi connectivity index (χ1n) is 8.23. The Bertz CT molecular complexity index is 950. The van der Waals surface area contributed by atoms with Crippen LogP contribution in [0, 0.1) is 15.9 Å². The molecule has 0 saturated carbocycles. The molecular formula is C17H17FN6O3. The molecule has 0 aliphatic carbocycles. The van der Waals surface area contributed by atoms with Crippen molar-refractivity contribution in [2.24, 2.45) is 0 Å². The van der Waals surface area contributed by atoms with Gasteiger partial charge >= 0.3 is 5.69 Å². The highest BCUT2D eigenvalue weighted by atomic mass is 19.1. The second-order valence-corrected chi connectivity index (χ2v) is 5.87. The van der Waals surface area contributed by atoms with Gasteiger partial charge < -0.3 is 5.32 Å². The van der Waals surface area contributed by atoms with E-state index in [1.165, 1.54) is 23.0 Å². The molecule has 3 rings (SSSR count). The van der Waals surface area contributed by atoms with Crippen molar-refractivity contribution in [3.8, 4) is 0 Å². The third-order valence-corrected chi connectivity index (χ3v) is 3.96. The summed E-state index contributed by atoms with van der Waals surface area (Å²) in [4.78, 5) is 22.7. The number of carbonyl (C=O) groups is 1. The van der Waals surface area contributed by atoms with E-state index in [9.17, 15) is 19.3 Å². The molecule has 0 radical (unpaired) electrons. The van der Waals surface area contributed by atoms with Crippen LogP contribution in [0.25, 0.3) is 0 Å². The summed E-state index contributed by atoms with van der Waals surface area (Å²) in [6.07, 6.45) is 4.42. The van der Waals surface area contributed by atoms with Crippen molar-refractivity contribution >= 4 is 17.4 Å². The molecular weight excluding hydrogens is 355 g/mol. The fourth-order valence-corrected chi connectivity index (χ4v) is 2.59. The maximum absolute atomic E-state index is 13.0. The highest BCUT2D eigenvalue weighted by Gasteiger charge is 2.22. The molecule has 1 unspecified atom stereocenters. The summed E-state index contributed by atoms with van der Waals surface area (Å²) in [5.41, 5.74) is 0.692.